The van der Waals surface area contributed by atoms with Gasteiger partial charge < -0.3 is 24.3 Å². The Hall–Kier alpha value is -3.21. The largest absolute Gasteiger partial charge is 0.341 e. The summed E-state index contributed by atoms with van der Waals surface area (Å²) >= 11 is 0. The standard InChI is InChI=1S/C20H19N5O5/c1-20(2)29-14-12(8-26)28-19(15(14)30-20)25-10-23-13-16(21-9-22-17(13)25)24-18(27)11-6-4-3-5-7-11/h3-10,12,14-15,19H,1-2H3,(H,21,22,24,27)/t12-,14-,15-,19-/m1/s1. The van der Waals surface area contributed by atoms with Gasteiger partial charge in [-0.15, -0.1) is 0 Å². The lowest BCUT2D eigenvalue weighted by molar-refractivity contribution is -0.194. The van der Waals surface area contributed by atoms with Crippen LogP contribution in [0.5, 0.6) is 0 Å². The van der Waals surface area contributed by atoms with Crippen LogP contribution in [0.1, 0.15) is 30.4 Å². The molecule has 2 aromatic heterocycles. The van der Waals surface area contributed by atoms with E-state index < -0.39 is 30.3 Å². The number of hydrogen-bond acceptors (Lipinski definition) is 8. The van der Waals surface area contributed by atoms with Gasteiger partial charge in [-0.3, -0.25) is 9.36 Å². The SMILES string of the molecule is CC1(C)O[C@@H]2[C@H](O1)[C@@H](C=O)O[C@H]2n1cnc2c(NC(=O)c3ccccc3)ncnc21. The van der Waals surface area contributed by atoms with E-state index in [1.165, 1.54) is 12.7 Å². The molecular weight excluding hydrogens is 390 g/mol. The number of benzene rings is 1. The molecule has 154 valence electrons. The number of nitrogens with zero attached hydrogens (tertiary/aromatic N) is 4. The minimum absolute atomic E-state index is 0.276. The molecule has 0 radical (unpaired) electrons. The average Bonchev–Trinajstić information content (AvgIpc) is 3.39. The van der Waals surface area contributed by atoms with Crippen LogP contribution in [0.25, 0.3) is 11.2 Å². The summed E-state index contributed by atoms with van der Waals surface area (Å²) in [5.74, 6) is -0.866. The van der Waals surface area contributed by atoms with E-state index in [-0.39, 0.29) is 11.7 Å². The van der Waals surface area contributed by atoms with E-state index >= 15 is 0 Å². The Bertz CT molecular complexity index is 1120. The van der Waals surface area contributed by atoms with Gasteiger partial charge in [0, 0.05) is 5.56 Å². The Kier molecular flexibility index (Phi) is 4.35. The lowest BCUT2D eigenvalue weighted by Crippen LogP contribution is -2.30. The summed E-state index contributed by atoms with van der Waals surface area (Å²) in [6, 6.07) is 8.80. The number of imidazole rings is 1. The van der Waals surface area contributed by atoms with Crippen molar-refractivity contribution in [3.05, 3.63) is 48.5 Å². The monoisotopic (exact) mass is 409 g/mol. The minimum atomic E-state index is -0.835. The predicted molar refractivity (Wildman–Crippen MR) is 104 cm³/mol. The van der Waals surface area contributed by atoms with Crippen LogP contribution >= 0.6 is 0 Å². The van der Waals surface area contributed by atoms with Crippen molar-refractivity contribution in [2.45, 2.75) is 44.2 Å². The highest BCUT2D eigenvalue weighted by atomic mass is 16.8. The fourth-order valence-corrected chi connectivity index (χ4v) is 3.84. The number of carbonyl (C=O) groups excluding carboxylic acids is 2. The van der Waals surface area contributed by atoms with Crippen molar-refractivity contribution in [2.24, 2.45) is 0 Å². The van der Waals surface area contributed by atoms with Gasteiger partial charge in [-0.25, -0.2) is 15.0 Å². The average molecular weight is 409 g/mol. The van der Waals surface area contributed by atoms with Gasteiger partial charge in [0.1, 0.15) is 24.6 Å². The van der Waals surface area contributed by atoms with Crippen molar-refractivity contribution < 1.29 is 23.8 Å². The summed E-state index contributed by atoms with van der Waals surface area (Å²) in [7, 11) is 0. The highest BCUT2D eigenvalue weighted by Crippen LogP contribution is 2.43. The molecule has 1 aromatic carbocycles. The van der Waals surface area contributed by atoms with Gasteiger partial charge in [0.05, 0.1) is 6.33 Å². The van der Waals surface area contributed by atoms with Gasteiger partial charge in [0.15, 0.2) is 35.3 Å². The van der Waals surface area contributed by atoms with Crippen LogP contribution < -0.4 is 5.32 Å². The first-order valence-electron chi connectivity index (χ1n) is 9.47. The molecule has 0 spiro atoms. The van der Waals surface area contributed by atoms with Crippen LogP contribution in [0.4, 0.5) is 5.82 Å². The second-order valence-corrected chi connectivity index (χ2v) is 7.56. The Labute approximate surface area is 171 Å². The number of hydrogen-bond donors (Lipinski definition) is 1. The van der Waals surface area contributed by atoms with Crippen LogP contribution in [0.3, 0.4) is 0 Å². The van der Waals surface area contributed by atoms with Gasteiger partial charge >= 0.3 is 0 Å². The molecule has 10 nitrogen and oxygen atoms in total. The molecule has 0 bridgehead atoms. The molecular formula is C20H19N5O5. The predicted octanol–water partition coefficient (Wildman–Crippen LogP) is 1.69. The Morgan fingerprint density at radius 3 is 2.67 bits per heavy atom. The molecule has 30 heavy (non-hydrogen) atoms. The fourth-order valence-electron chi connectivity index (χ4n) is 3.84. The Morgan fingerprint density at radius 1 is 1.13 bits per heavy atom. The van der Waals surface area contributed by atoms with Crippen molar-refractivity contribution in [1.82, 2.24) is 19.5 Å². The number of nitrogens with one attached hydrogen (secondary N) is 1. The summed E-state index contributed by atoms with van der Waals surface area (Å²) in [4.78, 5) is 36.8. The number of rotatable bonds is 4. The summed E-state index contributed by atoms with van der Waals surface area (Å²) in [5, 5.41) is 2.77. The second kappa shape index (κ2) is 6.94. The van der Waals surface area contributed by atoms with Gasteiger partial charge in [0.25, 0.3) is 5.91 Å². The molecule has 2 fully saturated rings. The molecule has 0 aliphatic carbocycles. The summed E-state index contributed by atoms with van der Waals surface area (Å²) in [6.07, 6.45) is 1.11. The Morgan fingerprint density at radius 2 is 1.90 bits per heavy atom. The fraction of sp³-hybridized carbons (Fsp3) is 0.350. The number of aromatic nitrogens is 4. The zero-order valence-corrected chi connectivity index (χ0v) is 16.3. The summed E-state index contributed by atoms with van der Waals surface area (Å²) < 4.78 is 19.4. The first-order valence-corrected chi connectivity index (χ1v) is 9.47. The third-order valence-electron chi connectivity index (χ3n) is 5.10. The molecule has 2 aliphatic rings. The topological polar surface area (TPSA) is 117 Å². The van der Waals surface area contributed by atoms with Crippen LogP contribution in [0.2, 0.25) is 0 Å². The van der Waals surface area contributed by atoms with Crippen LogP contribution in [0, 0.1) is 0 Å². The van der Waals surface area contributed by atoms with Crippen molar-refractivity contribution in [3.63, 3.8) is 0 Å². The van der Waals surface area contributed by atoms with Crippen molar-refractivity contribution >= 4 is 29.2 Å². The molecule has 3 aromatic rings. The molecule has 2 saturated heterocycles. The van der Waals surface area contributed by atoms with Crippen LogP contribution in [-0.2, 0) is 19.0 Å². The zero-order valence-electron chi connectivity index (χ0n) is 16.3. The van der Waals surface area contributed by atoms with E-state index in [1.54, 1.807) is 42.7 Å². The third-order valence-corrected chi connectivity index (χ3v) is 5.10. The maximum absolute atomic E-state index is 12.5. The molecule has 1 N–H and O–H groups in total. The number of ether oxygens (including phenoxy) is 3. The molecule has 5 rings (SSSR count). The smallest absolute Gasteiger partial charge is 0.256 e. The first-order chi connectivity index (χ1) is 14.5. The number of aldehydes is 1. The quantitative estimate of drug-likeness (QED) is 0.647. The van der Waals surface area contributed by atoms with Gasteiger partial charge in [0.2, 0.25) is 0 Å². The van der Waals surface area contributed by atoms with Gasteiger partial charge in [-0.1, -0.05) is 18.2 Å². The molecule has 10 heteroatoms. The number of anilines is 1. The first kappa shape index (κ1) is 18.8. The lowest BCUT2D eigenvalue weighted by atomic mass is 10.1. The molecule has 0 saturated carbocycles. The number of fused-ring (bicyclic) bond motifs is 2. The lowest BCUT2D eigenvalue weighted by Gasteiger charge is -2.23. The number of carbonyl (C=O) groups is 2. The van der Waals surface area contributed by atoms with Gasteiger partial charge in [-0.05, 0) is 26.0 Å². The van der Waals surface area contributed by atoms with Crippen LogP contribution in [-0.4, -0.2) is 55.8 Å². The highest BCUT2D eigenvalue weighted by molar-refractivity contribution is 6.06. The van der Waals surface area contributed by atoms with E-state index in [0.717, 1.165) is 0 Å². The second-order valence-electron chi connectivity index (χ2n) is 7.56. The summed E-state index contributed by atoms with van der Waals surface area (Å²) in [6.45, 7) is 3.57. The normalized spacial score (nSPS) is 27.1. The van der Waals surface area contributed by atoms with E-state index in [0.29, 0.717) is 23.0 Å². The van der Waals surface area contributed by atoms with Crippen molar-refractivity contribution in [3.8, 4) is 0 Å². The highest BCUT2D eigenvalue weighted by Gasteiger charge is 2.56. The number of amides is 1. The maximum Gasteiger partial charge on any atom is 0.256 e. The van der Waals surface area contributed by atoms with Crippen LogP contribution in [0.15, 0.2) is 43.0 Å². The van der Waals surface area contributed by atoms with E-state index in [1.807, 2.05) is 6.07 Å². The third kappa shape index (κ3) is 3.05. The van der Waals surface area contributed by atoms with Crippen molar-refractivity contribution in [1.29, 1.82) is 0 Å². The van der Waals surface area contributed by atoms with Gasteiger partial charge in [-0.2, -0.15) is 0 Å². The van der Waals surface area contributed by atoms with Crippen molar-refractivity contribution in [2.75, 3.05) is 5.32 Å². The Balaban J connectivity index is 1.48. The molecule has 0 unspecified atom stereocenters. The minimum Gasteiger partial charge on any atom is -0.341 e. The van der Waals surface area contributed by atoms with E-state index in [9.17, 15) is 9.59 Å². The van der Waals surface area contributed by atoms with E-state index in [2.05, 4.69) is 20.3 Å². The summed E-state index contributed by atoms with van der Waals surface area (Å²) in [5.41, 5.74) is 1.34. The molecule has 4 heterocycles. The maximum atomic E-state index is 12.5. The molecule has 1 amide bonds. The molecule has 2 aliphatic heterocycles. The van der Waals surface area contributed by atoms with E-state index in [4.69, 9.17) is 14.2 Å². The zero-order chi connectivity index (χ0) is 20.9. The molecule has 4 atom stereocenters.